The molecule has 1 aliphatic carbocycles. The average molecular weight is 300 g/mol. The Bertz CT molecular complexity index is 316. The van der Waals surface area contributed by atoms with Crippen LogP contribution in [0.15, 0.2) is 0 Å². The van der Waals surface area contributed by atoms with Gasteiger partial charge in [-0.3, -0.25) is 0 Å². The molecular formula is C6H14NaO10P. The number of rotatable bonds is 2. The quantitative estimate of drug-likeness (QED) is 0.139. The Kier molecular flexibility index (Phi) is 6.40. The third kappa shape index (κ3) is 3.49. The summed E-state index contributed by atoms with van der Waals surface area (Å²) in [5.41, 5.74) is 0. The Balaban J connectivity index is 0.00000289. The van der Waals surface area contributed by atoms with Crippen LogP contribution in [0.1, 0.15) is 0 Å². The molecule has 0 heterocycles. The molecular weight excluding hydrogens is 286 g/mol. The standard InChI is InChI=1S/C6H13O10P.Na.H/c7-1-2(8)4(10)6(12,5(11)3(1)9)16-17(13,14)15;;/h1-5,7-12H,(H2,13,14,15);;/t1-,2-,3+,4-,5-,6-;;/m1../s1. The Morgan fingerprint density at radius 1 is 0.889 bits per heavy atom. The van der Waals surface area contributed by atoms with Crippen molar-refractivity contribution in [2.75, 3.05) is 0 Å². The maximum atomic E-state index is 10.6. The van der Waals surface area contributed by atoms with Gasteiger partial charge in [-0.15, -0.1) is 0 Å². The molecule has 0 radical (unpaired) electrons. The van der Waals surface area contributed by atoms with Crippen molar-refractivity contribution in [3.05, 3.63) is 0 Å². The van der Waals surface area contributed by atoms with Gasteiger partial charge in [-0.1, -0.05) is 0 Å². The normalized spacial score (nSPS) is 45.4. The molecule has 0 unspecified atom stereocenters. The van der Waals surface area contributed by atoms with Crippen LogP contribution >= 0.6 is 7.82 Å². The summed E-state index contributed by atoms with van der Waals surface area (Å²) in [6.45, 7) is 0. The van der Waals surface area contributed by atoms with Crippen LogP contribution in [0.25, 0.3) is 0 Å². The van der Waals surface area contributed by atoms with E-state index < -0.39 is 44.1 Å². The first-order valence-corrected chi connectivity index (χ1v) is 5.92. The van der Waals surface area contributed by atoms with E-state index in [2.05, 4.69) is 4.52 Å². The topological polar surface area (TPSA) is 188 Å². The average Bonchev–Trinajstić information content (AvgIpc) is 2.19. The Hall–Kier alpha value is 0.870. The van der Waals surface area contributed by atoms with Gasteiger partial charge >= 0.3 is 37.4 Å². The summed E-state index contributed by atoms with van der Waals surface area (Å²) >= 11 is 0. The van der Waals surface area contributed by atoms with E-state index >= 15 is 0 Å². The molecule has 0 aromatic heterocycles. The summed E-state index contributed by atoms with van der Waals surface area (Å²) in [4.78, 5) is 17.0. The molecule has 0 spiro atoms. The van der Waals surface area contributed by atoms with E-state index in [1.165, 1.54) is 0 Å². The zero-order valence-electron chi connectivity index (χ0n) is 8.23. The van der Waals surface area contributed by atoms with Crippen LogP contribution < -0.4 is 0 Å². The zero-order chi connectivity index (χ0) is 13.6. The monoisotopic (exact) mass is 300 g/mol. The van der Waals surface area contributed by atoms with Gasteiger partial charge in [0.15, 0.2) is 0 Å². The van der Waals surface area contributed by atoms with Gasteiger partial charge < -0.3 is 40.4 Å². The molecule has 1 saturated carbocycles. The number of phosphoric acid groups is 1. The van der Waals surface area contributed by atoms with Gasteiger partial charge in [-0.05, 0) is 0 Å². The number of hydrogen-bond acceptors (Lipinski definition) is 8. The second kappa shape index (κ2) is 6.10. The number of aliphatic hydroxyl groups is 6. The molecule has 0 aromatic carbocycles. The molecule has 0 amide bonds. The first kappa shape index (κ1) is 18.9. The first-order valence-electron chi connectivity index (χ1n) is 4.39. The van der Waals surface area contributed by atoms with E-state index in [1.807, 2.05) is 0 Å². The fourth-order valence-electron chi connectivity index (χ4n) is 1.54. The van der Waals surface area contributed by atoms with Crippen LogP contribution in [-0.2, 0) is 9.09 Å². The van der Waals surface area contributed by atoms with Crippen molar-refractivity contribution >= 4 is 37.4 Å². The third-order valence-electron chi connectivity index (χ3n) is 2.46. The molecule has 18 heavy (non-hydrogen) atoms. The molecule has 0 aromatic rings. The van der Waals surface area contributed by atoms with Gasteiger partial charge in [0.1, 0.15) is 30.5 Å². The van der Waals surface area contributed by atoms with Crippen LogP contribution in [0.3, 0.4) is 0 Å². The SMILES string of the molecule is O=P(O)(O)O[C@]1(O)[C@H](O)[C@H](O)[C@@H](O)[C@H](O)[C@H]1O.[NaH]. The third-order valence-corrected chi connectivity index (χ3v) is 2.99. The predicted molar refractivity (Wildman–Crippen MR) is 55.3 cm³/mol. The van der Waals surface area contributed by atoms with E-state index in [1.54, 1.807) is 0 Å². The van der Waals surface area contributed by atoms with E-state index in [0.29, 0.717) is 0 Å². The molecule has 0 aliphatic heterocycles. The van der Waals surface area contributed by atoms with Gasteiger partial charge in [0.2, 0.25) is 5.79 Å². The molecule has 1 aliphatic rings. The minimum absolute atomic E-state index is 0. The van der Waals surface area contributed by atoms with E-state index in [0.717, 1.165) is 0 Å². The molecule has 0 saturated heterocycles. The molecule has 104 valence electrons. The van der Waals surface area contributed by atoms with Crippen molar-refractivity contribution in [2.45, 2.75) is 36.3 Å². The second-order valence-corrected chi connectivity index (χ2v) is 4.86. The number of aliphatic hydroxyl groups excluding tert-OH is 5. The van der Waals surface area contributed by atoms with Crippen LogP contribution in [0.2, 0.25) is 0 Å². The molecule has 1 fully saturated rings. The molecule has 0 bridgehead atoms. The van der Waals surface area contributed by atoms with Gasteiger partial charge in [-0.25, -0.2) is 9.09 Å². The Morgan fingerprint density at radius 3 is 1.50 bits per heavy atom. The summed E-state index contributed by atoms with van der Waals surface area (Å²) in [6, 6.07) is 0. The molecule has 6 atom stereocenters. The van der Waals surface area contributed by atoms with Crippen molar-refractivity contribution in [1.82, 2.24) is 0 Å². The van der Waals surface area contributed by atoms with Crippen molar-refractivity contribution in [2.24, 2.45) is 0 Å². The fraction of sp³-hybridized carbons (Fsp3) is 1.00. The molecule has 1 rings (SSSR count). The van der Waals surface area contributed by atoms with Gasteiger partial charge in [0, 0.05) is 0 Å². The molecule has 10 nitrogen and oxygen atoms in total. The van der Waals surface area contributed by atoms with Crippen molar-refractivity contribution in [1.29, 1.82) is 0 Å². The van der Waals surface area contributed by atoms with Gasteiger partial charge in [-0.2, -0.15) is 0 Å². The first-order chi connectivity index (χ1) is 7.50. The van der Waals surface area contributed by atoms with E-state index in [-0.39, 0.29) is 29.6 Å². The zero-order valence-corrected chi connectivity index (χ0v) is 9.12. The van der Waals surface area contributed by atoms with Crippen LogP contribution in [0, 0.1) is 0 Å². The summed E-state index contributed by atoms with van der Waals surface area (Å²) in [7, 11) is -5.32. The summed E-state index contributed by atoms with van der Waals surface area (Å²) in [5, 5.41) is 55.7. The van der Waals surface area contributed by atoms with Crippen LogP contribution in [0.4, 0.5) is 0 Å². The summed E-state index contributed by atoms with van der Waals surface area (Å²) < 4.78 is 14.3. The molecule has 8 N–H and O–H groups in total. The Morgan fingerprint density at radius 2 is 1.22 bits per heavy atom. The van der Waals surface area contributed by atoms with Crippen LogP contribution in [-0.4, -0.2) is 106 Å². The van der Waals surface area contributed by atoms with Gasteiger partial charge in [0.25, 0.3) is 0 Å². The van der Waals surface area contributed by atoms with E-state index in [9.17, 15) is 30.1 Å². The fourth-order valence-corrected chi connectivity index (χ4v) is 2.14. The van der Waals surface area contributed by atoms with Crippen molar-refractivity contribution in [3.8, 4) is 0 Å². The summed E-state index contributed by atoms with van der Waals surface area (Å²) in [5.74, 6) is -3.31. The number of phosphoric ester groups is 1. The molecule has 12 heteroatoms. The Labute approximate surface area is 123 Å². The predicted octanol–water partition coefficient (Wildman–Crippen LogP) is -5.05. The van der Waals surface area contributed by atoms with Crippen molar-refractivity contribution in [3.63, 3.8) is 0 Å². The van der Waals surface area contributed by atoms with Crippen LogP contribution in [0.5, 0.6) is 0 Å². The minimum atomic E-state index is -5.32. The van der Waals surface area contributed by atoms with Gasteiger partial charge in [0.05, 0.1) is 0 Å². The maximum absolute atomic E-state index is 10.6. The summed E-state index contributed by atoms with van der Waals surface area (Å²) in [6.07, 6.45) is -11.2. The number of hydrogen-bond donors (Lipinski definition) is 8. The van der Waals surface area contributed by atoms with Crippen molar-refractivity contribution < 1.29 is 49.5 Å². The van der Waals surface area contributed by atoms with E-state index in [4.69, 9.17) is 14.9 Å². The second-order valence-electron chi connectivity index (χ2n) is 3.70.